The molecule has 1 amide bonds. The van der Waals surface area contributed by atoms with E-state index < -0.39 is 15.9 Å². The third-order valence-electron chi connectivity index (χ3n) is 6.06. The molecule has 0 saturated carbocycles. The second-order valence-corrected chi connectivity index (χ2v) is 10.4. The number of hydrogen-bond donors (Lipinski definition) is 1. The maximum Gasteiger partial charge on any atom is 0.283 e. The van der Waals surface area contributed by atoms with Crippen molar-refractivity contribution in [2.45, 2.75) is 18.4 Å². The van der Waals surface area contributed by atoms with Gasteiger partial charge in [-0.2, -0.15) is 0 Å². The van der Waals surface area contributed by atoms with Gasteiger partial charge in [0.2, 0.25) is 0 Å². The first-order valence-corrected chi connectivity index (χ1v) is 13.1. The number of nitrogens with one attached hydrogen (secondary N) is 1. The number of benzene rings is 3. The number of aryl methyl sites for hydroxylation is 1. The second kappa shape index (κ2) is 9.91. The number of rotatable bonds is 7. The molecule has 1 N–H and O–H groups in total. The predicted molar refractivity (Wildman–Crippen MR) is 143 cm³/mol. The van der Waals surface area contributed by atoms with Crippen molar-refractivity contribution >= 4 is 26.8 Å². The van der Waals surface area contributed by atoms with Crippen LogP contribution in [0.4, 0.5) is 0 Å². The van der Waals surface area contributed by atoms with Gasteiger partial charge in [-0.15, -0.1) is 0 Å². The van der Waals surface area contributed by atoms with Crippen LogP contribution in [0.1, 0.15) is 21.7 Å². The van der Waals surface area contributed by atoms with Crippen molar-refractivity contribution in [3.8, 4) is 17.0 Å². The van der Waals surface area contributed by atoms with Crippen LogP contribution in [0.3, 0.4) is 0 Å². The Bertz CT molecular complexity index is 1710. The summed E-state index contributed by atoms with van der Waals surface area (Å²) >= 11 is 0. The minimum absolute atomic E-state index is 0.0214. The molecule has 0 saturated heterocycles. The molecule has 0 atom stereocenters. The molecule has 37 heavy (non-hydrogen) atoms. The summed E-state index contributed by atoms with van der Waals surface area (Å²) in [6.07, 6.45) is 0. The second-order valence-electron chi connectivity index (χ2n) is 8.67. The van der Waals surface area contributed by atoms with Gasteiger partial charge in [-0.25, -0.2) is 18.1 Å². The van der Waals surface area contributed by atoms with E-state index in [1.807, 2.05) is 54.6 Å². The van der Waals surface area contributed by atoms with Gasteiger partial charge in [-0.3, -0.25) is 4.79 Å². The lowest BCUT2D eigenvalue weighted by Crippen LogP contribution is -2.31. The number of methoxy groups -OCH3 is 1. The van der Waals surface area contributed by atoms with Gasteiger partial charge in [-0.05, 0) is 66.6 Å². The van der Waals surface area contributed by atoms with Crippen molar-refractivity contribution in [3.05, 3.63) is 114 Å². The molecule has 5 rings (SSSR count). The lowest BCUT2D eigenvalue weighted by atomic mass is 10.1. The lowest BCUT2D eigenvalue weighted by molar-refractivity contribution is 0.0976. The Morgan fingerprint density at radius 1 is 0.919 bits per heavy atom. The molecule has 0 fully saturated rings. The van der Waals surface area contributed by atoms with Crippen molar-refractivity contribution in [2.75, 3.05) is 7.11 Å². The summed E-state index contributed by atoms with van der Waals surface area (Å²) in [4.78, 5) is 17.4. The van der Waals surface area contributed by atoms with E-state index in [0.29, 0.717) is 12.2 Å². The van der Waals surface area contributed by atoms with E-state index in [1.54, 1.807) is 32.2 Å². The first-order chi connectivity index (χ1) is 17.8. The van der Waals surface area contributed by atoms with Crippen LogP contribution in [0.25, 0.3) is 22.2 Å². The molecule has 0 spiro atoms. The van der Waals surface area contributed by atoms with Crippen LogP contribution < -0.4 is 9.46 Å². The van der Waals surface area contributed by atoms with E-state index in [-0.39, 0.29) is 10.6 Å². The quantitative estimate of drug-likeness (QED) is 0.325. The molecule has 0 bridgehead atoms. The smallest absolute Gasteiger partial charge is 0.283 e. The van der Waals surface area contributed by atoms with E-state index >= 15 is 0 Å². The van der Waals surface area contributed by atoms with E-state index in [0.717, 1.165) is 33.5 Å². The number of nitrogens with zero attached hydrogens (tertiary/aromatic N) is 2. The van der Waals surface area contributed by atoms with Gasteiger partial charge in [-0.1, -0.05) is 48.5 Å². The fourth-order valence-corrected chi connectivity index (χ4v) is 5.33. The maximum absolute atomic E-state index is 12.9. The van der Waals surface area contributed by atoms with Crippen LogP contribution in [-0.2, 0) is 16.6 Å². The molecule has 0 radical (unpaired) electrons. The van der Waals surface area contributed by atoms with Crippen molar-refractivity contribution in [2.24, 2.45) is 0 Å². The Morgan fingerprint density at radius 2 is 1.70 bits per heavy atom. The van der Waals surface area contributed by atoms with Gasteiger partial charge >= 0.3 is 0 Å². The third kappa shape index (κ3) is 5.10. The summed E-state index contributed by atoms with van der Waals surface area (Å²) in [5.74, 6) is -0.0235. The highest BCUT2D eigenvalue weighted by atomic mass is 32.2. The first kappa shape index (κ1) is 24.3. The number of sulfonamides is 1. The first-order valence-electron chi connectivity index (χ1n) is 11.7. The van der Waals surface area contributed by atoms with E-state index in [4.69, 9.17) is 4.74 Å². The predicted octanol–water partition coefficient (Wildman–Crippen LogP) is 5.19. The molecule has 0 aliphatic carbocycles. The lowest BCUT2D eigenvalue weighted by Gasteiger charge is -2.12. The Balaban J connectivity index is 1.48. The molecule has 2 aromatic heterocycles. The Morgan fingerprint density at radius 3 is 2.46 bits per heavy atom. The number of carbonyl (C=O) groups is 1. The molecule has 2 heterocycles. The van der Waals surface area contributed by atoms with Crippen molar-refractivity contribution < 1.29 is 17.9 Å². The monoisotopic (exact) mass is 511 g/mol. The number of ether oxygens (including phenoxy) is 1. The Hall–Kier alpha value is -4.43. The molecule has 8 heteroatoms. The average molecular weight is 512 g/mol. The standard InChI is InChI=1S/C29H25N3O4S/c1-20-8-6-12-25(16-20)37(34,35)31-29(33)26-13-7-11-23(30-26)19-32-27-15-14-24(36-2)17-22(27)18-28(32)21-9-4-3-5-10-21/h3-18H,19H2,1-2H3,(H,31,33). The largest absolute Gasteiger partial charge is 0.497 e. The van der Waals surface area contributed by atoms with Gasteiger partial charge in [0.1, 0.15) is 11.4 Å². The van der Waals surface area contributed by atoms with Gasteiger partial charge in [0, 0.05) is 16.6 Å². The van der Waals surface area contributed by atoms with Crippen LogP contribution in [-0.4, -0.2) is 31.0 Å². The van der Waals surface area contributed by atoms with E-state index in [9.17, 15) is 13.2 Å². The maximum atomic E-state index is 12.9. The number of amides is 1. The van der Waals surface area contributed by atoms with Gasteiger partial charge in [0.25, 0.3) is 15.9 Å². The van der Waals surface area contributed by atoms with Gasteiger partial charge < -0.3 is 9.30 Å². The topological polar surface area (TPSA) is 90.3 Å². The van der Waals surface area contributed by atoms with Crippen LogP contribution >= 0.6 is 0 Å². The van der Waals surface area contributed by atoms with Gasteiger partial charge in [0.15, 0.2) is 0 Å². The van der Waals surface area contributed by atoms with Crippen LogP contribution in [0.15, 0.2) is 102 Å². The average Bonchev–Trinajstić information content (AvgIpc) is 3.26. The summed E-state index contributed by atoms with van der Waals surface area (Å²) < 4.78 is 35.1. The fraction of sp³-hybridized carbons (Fsp3) is 0.103. The summed E-state index contributed by atoms with van der Waals surface area (Å²) in [5.41, 5.74) is 4.43. The fourth-order valence-electron chi connectivity index (χ4n) is 4.27. The number of hydrogen-bond acceptors (Lipinski definition) is 5. The molecule has 5 aromatic rings. The highest BCUT2D eigenvalue weighted by Crippen LogP contribution is 2.31. The van der Waals surface area contributed by atoms with Crippen molar-refractivity contribution in [1.82, 2.24) is 14.3 Å². The van der Waals surface area contributed by atoms with E-state index in [2.05, 4.69) is 20.3 Å². The molecule has 7 nitrogen and oxygen atoms in total. The third-order valence-corrected chi connectivity index (χ3v) is 7.39. The zero-order valence-electron chi connectivity index (χ0n) is 20.4. The van der Waals surface area contributed by atoms with Crippen molar-refractivity contribution in [1.29, 1.82) is 0 Å². The Labute approximate surface area is 215 Å². The molecular weight excluding hydrogens is 486 g/mol. The van der Waals surface area contributed by atoms with Crippen molar-refractivity contribution in [3.63, 3.8) is 0 Å². The van der Waals surface area contributed by atoms with E-state index in [1.165, 1.54) is 18.2 Å². The van der Waals surface area contributed by atoms with Crippen LogP contribution in [0.2, 0.25) is 0 Å². The van der Waals surface area contributed by atoms with Crippen LogP contribution in [0.5, 0.6) is 5.75 Å². The highest BCUT2D eigenvalue weighted by molar-refractivity contribution is 7.90. The minimum Gasteiger partial charge on any atom is -0.497 e. The highest BCUT2D eigenvalue weighted by Gasteiger charge is 2.20. The number of fused-ring (bicyclic) bond motifs is 1. The number of aromatic nitrogens is 2. The SMILES string of the molecule is COc1ccc2c(c1)cc(-c1ccccc1)n2Cc1cccc(C(=O)NS(=O)(=O)c2cccc(C)c2)n1. The zero-order valence-corrected chi connectivity index (χ0v) is 21.2. The summed E-state index contributed by atoms with van der Waals surface area (Å²) in [6.45, 7) is 2.17. The summed E-state index contributed by atoms with van der Waals surface area (Å²) in [6, 6.07) is 29.4. The van der Waals surface area contributed by atoms with Crippen LogP contribution in [0, 0.1) is 6.92 Å². The summed E-state index contributed by atoms with van der Waals surface area (Å²) in [5, 5.41) is 1.01. The molecule has 0 unspecified atom stereocenters. The zero-order chi connectivity index (χ0) is 26.0. The Kier molecular flexibility index (Phi) is 6.50. The van der Waals surface area contributed by atoms with Gasteiger partial charge in [0.05, 0.1) is 24.2 Å². The molecule has 3 aromatic carbocycles. The number of carbonyl (C=O) groups excluding carboxylic acids is 1. The number of pyridine rings is 1. The molecule has 0 aliphatic rings. The normalized spacial score (nSPS) is 11.4. The summed E-state index contributed by atoms with van der Waals surface area (Å²) in [7, 11) is -2.39. The molecule has 0 aliphatic heterocycles. The molecular formula is C29H25N3O4S. The minimum atomic E-state index is -4.03. The molecule has 186 valence electrons.